The molecule has 0 aliphatic rings. The Morgan fingerprint density at radius 1 is 1.64 bits per heavy atom. The van der Waals surface area contributed by atoms with Crippen molar-refractivity contribution in [3.8, 4) is 0 Å². The number of amides is 1. The number of carbonyl (C=O) groups excluding carboxylic acids is 1. The summed E-state index contributed by atoms with van der Waals surface area (Å²) in [5, 5.41) is 0. The maximum absolute atomic E-state index is 10.5. The Morgan fingerprint density at radius 3 is 2.18 bits per heavy atom. The molecule has 0 atom stereocenters. The highest BCUT2D eigenvalue weighted by Crippen LogP contribution is 1.98. The van der Waals surface area contributed by atoms with E-state index >= 15 is 0 Å². The van der Waals surface area contributed by atoms with E-state index in [9.17, 15) is 13.2 Å². The lowest BCUT2D eigenvalue weighted by Crippen LogP contribution is -2.35. The summed E-state index contributed by atoms with van der Waals surface area (Å²) in [6.07, 6.45) is 0.445. The van der Waals surface area contributed by atoms with Gasteiger partial charge < -0.3 is 0 Å². The molecule has 11 heavy (non-hydrogen) atoms. The highest BCUT2D eigenvalue weighted by Gasteiger charge is 2.20. The molecular weight excluding hydrogens is 170 g/mol. The third kappa shape index (κ3) is 3.33. The van der Waals surface area contributed by atoms with E-state index in [1.54, 1.807) is 6.92 Å². The van der Waals surface area contributed by atoms with Crippen LogP contribution in [-0.2, 0) is 15.1 Å². The predicted octanol–water partition coefficient (Wildman–Crippen LogP) is -0.138. The first kappa shape index (κ1) is 10.4. The second kappa shape index (κ2) is 3.68. The summed E-state index contributed by atoms with van der Waals surface area (Å²) in [5.74, 6) is -0.922. The van der Waals surface area contributed by atoms with E-state index in [4.69, 9.17) is 4.55 Å². The van der Waals surface area contributed by atoms with Crippen molar-refractivity contribution >= 4 is 16.2 Å². The molecule has 6 heteroatoms. The van der Waals surface area contributed by atoms with Gasteiger partial charge in [-0.15, -0.1) is 0 Å². The van der Waals surface area contributed by atoms with Gasteiger partial charge in [0.05, 0.1) is 0 Å². The average Bonchev–Trinajstić information content (AvgIpc) is 1.79. The normalized spacial score (nSPS) is 11.2. The van der Waals surface area contributed by atoms with Crippen molar-refractivity contribution in [1.82, 2.24) is 4.31 Å². The molecular formula is C5H10NO4S. The van der Waals surface area contributed by atoms with E-state index < -0.39 is 16.2 Å². The van der Waals surface area contributed by atoms with Crippen LogP contribution in [0.4, 0.5) is 0 Å². The van der Waals surface area contributed by atoms with Gasteiger partial charge in [-0.2, -0.15) is 8.42 Å². The summed E-state index contributed by atoms with van der Waals surface area (Å²) in [5.41, 5.74) is 0. The van der Waals surface area contributed by atoms with Crippen LogP contribution in [0, 0.1) is 6.92 Å². The number of nitrogens with zero attached hydrogens (tertiary/aromatic N) is 1. The molecule has 0 aliphatic heterocycles. The summed E-state index contributed by atoms with van der Waals surface area (Å²) in [7, 11) is -4.41. The first-order chi connectivity index (χ1) is 4.89. The van der Waals surface area contributed by atoms with Crippen LogP contribution in [0.15, 0.2) is 0 Å². The van der Waals surface area contributed by atoms with Crippen LogP contribution in [0.2, 0.25) is 0 Å². The predicted molar refractivity (Wildman–Crippen MR) is 38.9 cm³/mol. The lowest BCUT2D eigenvalue weighted by atomic mass is 10.5. The molecule has 0 saturated heterocycles. The first-order valence-electron chi connectivity index (χ1n) is 3.00. The zero-order valence-electron chi connectivity index (χ0n) is 6.15. The molecule has 1 amide bonds. The molecule has 0 unspecified atom stereocenters. The van der Waals surface area contributed by atoms with Crippen LogP contribution in [-0.4, -0.2) is 29.7 Å². The molecule has 0 heterocycles. The smallest absolute Gasteiger partial charge is 0.274 e. The van der Waals surface area contributed by atoms with Gasteiger partial charge in [-0.1, -0.05) is 6.92 Å². The molecule has 0 saturated carbocycles. The maximum atomic E-state index is 10.5. The Hall–Kier alpha value is -0.620. The Balaban J connectivity index is 4.49. The van der Waals surface area contributed by atoms with E-state index in [-0.39, 0.29) is 6.54 Å². The minimum absolute atomic E-state index is 0.0405. The van der Waals surface area contributed by atoms with Crippen molar-refractivity contribution in [2.45, 2.75) is 13.3 Å². The number of rotatable bonds is 3. The molecule has 0 aromatic heterocycles. The zero-order valence-corrected chi connectivity index (χ0v) is 6.97. The van der Waals surface area contributed by atoms with Crippen LogP contribution in [0.3, 0.4) is 0 Å². The molecule has 1 radical (unpaired) electrons. The van der Waals surface area contributed by atoms with Crippen molar-refractivity contribution in [2.75, 3.05) is 6.54 Å². The third-order valence-electron chi connectivity index (χ3n) is 0.983. The fourth-order valence-corrected chi connectivity index (χ4v) is 1.24. The van der Waals surface area contributed by atoms with Crippen LogP contribution in [0.1, 0.15) is 13.3 Å². The zero-order chi connectivity index (χ0) is 9.07. The fourth-order valence-electron chi connectivity index (χ4n) is 0.572. The van der Waals surface area contributed by atoms with Gasteiger partial charge in [-0.25, -0.2) is 4.31 Å². The second-order valence-corrected chi connectivity index (χ2v) is 3.28. The molecule has 0 aromatic rings. The van der Waals surface area contributed by atoms with Crippen LogP contribution in [0.5, 0.6) is 0 Å². The van der Waals surface area contributed by atoms with Crippen molar-refractivity contribution in [1.29, 1.82) is 0 Å². The lowest BCUT2D eigenvalue weighted by molar-refractivity contribution is -0.122. The molecule has 0 spiro atoms. The average molecular weight is 180 g/mol. The van der Waals surface area contributed by atoms with Crippen molar-refractivity contribution in [3.63, 3.8) is 0 Å². The third-order valence-corrected chi connectivity index (χ3v) is 1.93. The first-order valence-corrected chi connectivity index (χ1v) is 4.40. The van der Waals surface area contributed by atoms with Gasteiger partial charge in [-0.3, -0.25) is 9.35 Å². The van der Waals surface area contributed by atoms with E-state index in [1.165, 1.54) is 0 Å². The minimum Gasteiger partial charge on any atom is -0.274 e. The summed E-state index contributed by atoms with van der Waals surface area (Å²) in [6, 6.07) is 0. The highest BCUT2D eigenvalue weighted by atomic mass is 32.2. The van der Waals surface area contributed by atoms with E-state index in [0.29, 0.717) is 10.7 Å². The monoisotopic (exact) mass is 180 g/mol. The number of carbonyl (C=O) groups is 1. The molecule has 65 valence electrons. The number of hydrogen-bond acceptors (Lipinski definition) is 3. The molecule has 0 bridgehead atoms. The van der Waals surface area contributed by atoms with Crippen LogP contribution >= 0.6 is 0 Å². The number of hydrogen-bond donors (Lipinski definition) is 1. The Morgan fingerprint density at radius 2 is 2.09 bits per heavy atom. The Bertz CT molecular complexity index is 233. The van der Waals surface area contributed by atoms with Crippen molar-refractivity contribution < 1.29 is 17.8 Å². The van der Waals surface area contributed by atoms with Gasteiger partial charge in [0.15, 0.2) is 0 Å². The van der Waals surface area contributed by atoms with Crippen molar-refractivity contribution in [3.05, 3.63) is 6.92 Å². The second-order valence-electron chi connectivity index (χ2n) is 1.94. The van der Waals surface area contributed by atoms with E-state index in [0.717, 1.165) is 0 Å². The van der Waals surface area contributed by atoms with Gasteiger partial charge in [0, 0.05) is 13.5 Å². The molecule has 0 fully saturated rings. The van der Waals surface area contributed by atoms with Gasteiger partial charge in [0.25, 0.3) is 0 Å². The summed E-state index contributed by atoms with van der Waals surface area (Å²) < 4.78 is 29.5. The topological polar surface area (TPSA) is 74.7 Å². The molecule has 0 aromatic carbocycles. The van der Waals surface area contributed by atoms with Gasteiger partial charge in [-0.05, 0) is 6.42 Å². The summed E-state index contributed by atoms with van der Waals surface area (Å²) in [6.45, 7) is 4.51. The van der Waals surface area contributed by atoms with Gasteiger partial charge >= 0.3 is 10.3 Å². The van der Waals surface area contributed by atoms with Gasteiger partial charge in [0.2, 0.25) is 5.91 Å². The van der Waals surface area contributed by atoms with Crippen LogP contribution in [0.25, 0.3) is 0 Å². The Kier molecular flexibility index (Phi) is 3.47. The molecule has 5 nitrogen and oxygen atoms in total. The largest absolute Gasteiger partial charge is 0.362 e. The van der Waals surface area contributed by atoms with E-state index in [1.807, 2.05) is 0 Å². The highest BCUT2D eigenvalue weighted by molar-refractivity contribution is 7.84. The summed E-state index contributed by atoms with van der Waals surface area (Å²) >= 11 is 0. The van der Waals surface area contributed by atoms with Crippen molar-refractivity contribution in [2.24, 2.45) is 0 Å². The maximum Gasteiger partial charge on any atom is 0.362 e. The minimum atomic E-state index is -4.41. The fraction of sp³-hybridized carbons (Fsp3) is 0.600. The van der Waals surface area contributed by atoms with E-state index in [2.05, 4.69) is 6.92 Å². The van der Waals surface area contributed by atoms with Crippen LogP contribution < -0.4 is 0 Å². The molecule has 1 N–H and O–H groups in total. The standard InChI is InChI=1S/C5H10NO4S/c1-3-4-6(5(2)7)11(8,9)10/h2-4H2,1H3,(H,8,9,10). The molecule has 0 aliphatic carbocycles. The summed E-state index contributed by atoms with van der Waals surface area (Å²) in [4.78, 5) is 10.5. The quantitative estimate of drug-likeness (QED) is 0.613. The molecule has 0 rings (SSSR count). The lowest BCUT2D eigenvalue weighted by Gasteiger charge is -2.14. The Labute approximate surface area is 65.9 Å². The SMILES string of the molecule is [CH2]C(=O)N(CCC)S(=O)(=O)O. The van der Waals surface area contributed by atoms with Gasteiger partial charge in [0.1, 0.15) is 0 Å².